The molecule has 5 aromatic carbocycles. The molecule has 7 rings (SSSR count). The first kappa shape index (κ1) is 28.5. The number of nitrogens with zero attached hydrogens (tertiary/aromatic N) is 3. The van der Waals surface area contributed by atoms with Crippen LogP contribution in [-0.4, -0.2) is 41.1 Å². The fourth-order valence-corrected chi connectivity index (χ4v) is 6.72. The molecule has 8 heteroatoms. The highest BCUT2D eigenvalue weighted by Gasteiger charge is 2.41. The maximum atomic E-state index is 14.4. The van der Waals surface area contributed by atoms with E-state index in [1.54, 1.807) is 58.3 Å². The lowest BCUT2D eigenvalue weighted by atomic mass is 9.89. The number of amides is 4. The van der Waals surface area contributed by atoms with Crippen LogP contribution in [0.4, 0.5) is 11.4 Å². The fourth-order valence-electron chi connectivity index (χ4n) is 6.59. The highest BCUT2D eigenvalue weighted by molar-refractivity contribution is 6.30. The minimum atomic E-state index is -0.497. The fraction of sp³-hybridized carbons (Fsp3) is 0.135. The second kappa shape index (κ2) is 11.3. The molecule has 0 aliphatic carbocycles. The predicted molar refractivity (Wildman–Crippen MR) is 175 cm³/mol. The Bertz CT molecular complexity index is 1940. The smallest absolute Gasteiger partial charge is 0.261 e. The number of halogens is 1. The Labute approximate surface area is 265 Å². The Morgan fingerprint density at radius 2 is 1.40 bits per heavy atom. The lowest BCUT2D eigenvalue weighted by Crippen LogP contribution is -2.51. The van der Waals surface area contributed by atoms with Crippen molar-refractivity contribution < 1.29 is 19.2 Å². The average Bonchev–Trinajstić information content (AvgIpc) is 3.06. The number of hydrogen-bond donors (Lipinski definition) is 0. The normalized spacial score (nSPS) is 17.3. The van der Waals surface area contributed by atoms with E-state index < -0.39 is 30.3 Å². The highest BCUT2D eigenvalue weighted by Crippen LogP contribution is 2.43. The van der Waals surface area contributed by atoms with Gasteiger partial charge in [-0.3, -0.25) is 24.1 Å². The van der Waals surface area contributed by atoms with E-state index in [0.29, 0.717) is 44.9 Å². The van der Waals surface area contributed by atoms with Crippen LogP contribution in [0.3, 0.4) is 0 Å². The third kappa shape index (κ3) is 4.86. The van der Waals surface area contributed by atoms with Crippen LogP contribution in [0.2, 0.25) is 5.02 Å². The van der Waals surface area contributed by atoms with Crippen LogP contribution >= 0.6 is 11.6 Å². The zero-order chi connectivity index (χ0) is 31.2. The second-order valence-corrected chi connectivity index (χ2v) is 11.8. The quantitative estimate of drug-likeness (QED) is 0.195. The van der Waals surface area contributed by atoms with Gasteiger partial charge < -0.3 is 9.80 Å². The van der Waals surface area contributed by atoms with Crippen molar-refractivity contribution in [3.05, 3.63) is 143 Å². The zero-order valence-corrected chi connectivity index (χ0v) is 25.1. The van der Waals surface area contributed by atoms with Crippen molar-refractivity contribution in [2.24, 2.45) is 0 Å². The van der Waals surface area contributed by atoms with Gasteiger partial charge in [-0.15, -0.1) is 0 Å². The van der Waals surface area contributed by atoms with Crippen molar-refractivity contribution in [1.29, 1.82) is 0 Å². The van der Waals surface area contributed by atoms with Crippen molar-refractivity contribution in [3.8, 4) is 0 Å². The molecule has 0 N–H and O–H groups in total. The summed E-state index contributed by atoms with van der Waals surface area (Å²) in [6.45, 7) is 1.53. The van der Waals surface area contributed by atoms with Crippen molar-refractivity contribution in [3.63, 3.8) is 0 Å². The van der Waals surface area contributed by atoms with Gasteiger partial charge in [-0.05, 0) is 78.9 Å². The van der Waals surface area contributed by atoms with Crippen LogP contribution in [-0.2, 0) is 4.79 Å². The molecule has 45 heavy (non-hydrogen) atoms. The number of fused-ring (bicyclic) bond motifs is 1. The van der Waals surface area contributed by atoms with Gasteiger partial charge in [-0.25, -0.2) is 0 Å². The number of anilines is 2. The minimum absolute atomic E-state index is 0.167. The first-order valence-electron chi connectivity index (χ1n) is 14.8. The summed E-state index contributed by atoms with van der Waals surface area (Å²) < 4.78 is 0. The molecule has 7 nitrogen and oxygen atoms in total. The van der Waals surface area contributed by atoms with E-state index in [-0.39, 0.29) is 11.9 Å². The molecule has 222 valence electrons. The van der Waals surface area contributed by atoms with Crippen LogP contribution in [0.15, 0.2) is 115 Å². The lowest BCUT2D eigenvalue weighted by molar-refractivity contribution is -0.119. The molecular formula is C37H28ClN3O4. The van der Waals surface area contributed by atoms with Gasteiger partial charge in [0.25, 0.3) is 17.7 Å². The molecule has 2 aliphatic rings. The Hall–Kier alpha value is -5.27. The van der Waals surface area contributed by atoms with E-state index in [2.05, 4.69) is 0 Å². The molecule has 0 aromatic heterocycles. The molecule has 2 heterocycles. The molecule has 0 saturated heterocycles. The van der Waals surface area contributed by atoms with Crippen molar-refractivity contribution in [1.82, 2.24) is 4.90 Å². The van der Waals surface area contributed by atoms with Gasteiger partial charge in [0.05, 0.1) is 6.04 Å². The summed E-state index contributed by atoms with van der Waals surface area (Å²) in [5.41, 5.74) is 3.42. The molecule has 0 bridgehead atoms. The molecule has 2 aliphatic heterocycles. The maximum absolute atomic E-state index is 14.4. The van der Waals surface area contributed by atoms with Gasteiger partial charge in [-0.1, -0.05) is 72.3 Å². The van der Waals surface area contributed by atoms with E-state index in [0.717, 1.165) is 15.8 Å². The van der Waals surface area contributed by atoms with E-state index >= 15 is 0 Å². The largest absolute Gasteiger partial charge is 0.305 e. The molecule has 0 unspecified atom stereocenters. The molecule has 0 saturated carbocycles. The number of benzene rings is 5. The van der Waals surface area contributed by atoms with Gasteiger partial charge in [0.1, 0.15) is 6.54 Å². The number of rotatable bonds is 5. The molecule has 0 radical (unpaired) electrons. The number of hydrogen-bond acceptors (Lipinski definition) is 4. The van der Waals surface area contributed by atoms with Crippen molar-refractivity contribution in [2.45, 2.75) is 25.4 Å². The van der Waals surface area contributed by atoms with Gasteiger partial charge in [0.15, 0.2) is 0 Å². The van der Waals surface area contributed by atoms with Gasteiger partial charge >= 0.3 is 0 Å². The first-order chi connectivity index (χ1) is 21.8. The van der Waals surface area contributed by atoms with Crippen molar-refractivity contribution in [2.75, 3.05) is 16.3 Å². The minimum Gasteiger partial charge on any atom is -0.305 e. The Morgan fingerprint density at radius 3 is 2.07 bits per heavy atom. The Balaban J connectivity index is 1.27. The summed E-state index contributed by atoms with van der Waals surface area (Å²) in [6, 6.07) is 33.5. The summed E-state index contributed by atoms with van der Waals surface area (Å²) in [7, 11) is 0. The summed E-state index contributed by atoms with van der Waals surface area (Å²) in [4.78, 5) is 60.1. The average molecular weight is 614 g/mol. The predicted octanol–water partition coefficient (Wildman–Crippen LogP) is 7.30. The van der Waals surface area contributed by atoms with Crippen molar-refractivity contribution >= 4 is 57.4 Å². The van der Waals surface area contributed by atoms with Crippen LogP contribution in [0.25, 0.3) is 10.8 Å². The standard InChI is InChI=1S/C37H28ClN3O4/c1-23-21-32(28-13-5-6-16-31(28)40(23)35(43)25-17-19-26(38)20-18-25)41(27-11-3-2-4-12-27)33(42)22-39-36(44)29-14-7-9-24-10-8-15-30(34(24)29)37(39)45/h2-20,23,32H,21-22H2,1H3/t23-,32+/m0/s1. The van der Waals surface area contributed by atoms with Crippen LogP contribution in [0.5, 0.6) is 0 Å². The van der Waals surface area contributed by atoms with Gasteiger partial charge in [0, 0.05) is 44.5 Å². The van der Waals surface area contributed by atoms with Crippen LogP contribution in [0.1, 0.15) is 56.0 Å². The molecule has 0 spiro atoms. The van der Waals surface area contributed by atoms with E-state index in [9.17, 15) is 19.2 Å². The summed E-state index contributed by atoms with van der Waals surface area (Å²) in [6.07, 6.45) is 0.432. The number of imide groups is 1. The number of carbonyl (C=O) groups excluding carboxylic acids is 4. The summed E-state index contributed by atoms with van der Waals surface area (Å²) >= 11 is 6.08. The zero-order valence-electron chi connectivity index (χ0n) is 24.4. The van der Waals surface area contributed by atoms with Gasteiger partial charge in [-0.2, -0.15) is 0 Å². The summed E-state index contributed by atoms with van der Waals surface area (Å²) in [5.74, 6) is -1.57. The third-order valence-electron chi connectivity index (χ3n) is 8.63. The van der Waals surface area contributed by atoms with Crippen LogP contribution < -0.4 is 9.80 Å². The topological polar surface area (TPSA) is 78.0 Å². The molecule has 0 fully saturated rings. The molecule has 2 atom stereocenters. The van der Waals surface area contributed by atoms with Crippen LogP contribution in [0, 0.1) is 0 Å². The number of para-hydroxylation sites is 2. The SMILES string of the molecule is C[C@H]1C[C@@H](N(C(=O)CN2C(=O)c3cccc4cccc(c34)C2=O)c2ccccc2)c2ccccc2N1C(=O)c1ccc(Cl)cc1. The lowest BCUT2D eigenvalue weighted by Gasteiger charge is -2.44. The monoisotopic (exact) mass is 613 g/mol. The third-order valence-corrected chi connectivity index (χ3v) is 8.89. The second-order valence-electron chi connectivity index (χ2n) is 11.3. The molecular weight excluding hydrogens is 586 g/mol. The van der Waals surface area contributed by atoms with Gasteiger partial charge in [0.2, 0.25) is 5.91 Å². The maximum Gasteiger partial charge on any atom is 0.261 e. The Morgan fingerprint density at radius 1 is 0.778 bits per heavy atom. The summed E-state index contributed by atoms with van der Waals surface area (Å²) in [5, 5.41) is 1.95. The van der Waals surface area contributed by atoms with E-state index in [4.69, 9.17) is 11.6 Å². The van der Waals surface area contributed by atoms with E-state index in [1.807, 2.05) is 73.7 Å². The number of carbonyl (C=O) groups is 4. The molecule has 4 amide bonds. The Kier molecular flexibility index (Phi) is 7.18. The first-order valence-corrected chi connectivity index (χ1v) is 15.1. The molecule has 5 aromatic rings. The highest BCUT2D eigenvalue weighted by atomic mass is 35.5. The van der Waals surface area contributed by atoms with E-state index in [1.165, 1.54) is 0 Å².